The summed E-state index contributed by atoms with van der Waals surface area (Å²) in [5, 5.41) is 3.43. The van der Waals surface area contributed by atoms with E-state index in [4.69, 9.17) is 0 Å². The van der Waals surface area contributed by atoms with Gasteiger partial charge in [-0.05, 0) is 52.0 Å². The fourth-order valence-corrected chi connectivity index (χ4v) is 3.77. The van der Waals surface area contributed by atoms with Crippen molar-refractivity contribution >= 4 is 5.91 Å². The molecule has 2 heterocycles. The van der Waals surface area contributed by atoms with Crippen molar-refractivity contribution in [3.05, 3.63) is 0 Å². The Hall–Kier alpha value is -0.610. The number of likely N-dealkylation sites (tertiary alicyclic amines) is 1. The first-order chi connectivity index (χ1) is 10.0. The van der Waals surface area contributed by atoms with Crippen LogP contribution >= 0.6 is 0 Å². The second-order valence-corrected chi connectivity index (χ2v) is 7.12. The number of piperidine rings is 2. The van der Waals surface area contributed by atoms with E-state index in [0.29, 0.717) is 18.0 Å². The lowest BCUT2D eigenvalue weighted by atomic mass is 9.89. The number of likely N-dealkylation sites (N-methyl/N-ethyl adjacent to an activating group) is 1. The molecule has 1 amide bonds. The molecular formula is C17H33N3O. The van der Waals surface area contributed by atoms with Crippen molar-refractivity contribution in [3.63, 3.8) is 0 Å². The molecule has 2 aliphatic rings. The van der Waals surface area contributed by atoms with Crippen LogP contribution in [0.3, 0.4) is 0 Å². The molecule has 2 aliphatic heterocycles. The summed E-state index contributed by atoms with van der Waals surface area (Å²) in [5.74, 6) is 1.03. The molecule has 21 heavy (non-hydrogen) atoms. The van der Waals surface area contributed by atoms with Crippen LogP contribution in [0.5, 0.6) is 0 Å². The first-order valence-corrected chi connectivity index (χ1v) is 8.77. The van der Waals surface area contributed by atoms with E-state index in [-0.39, 0.29) is 6.04 Å². The first-order valence-electron chi connectivity index (χ1n) is 8.77. The van der Waals surface area contributed by atoms with E-state index >= 15 is 0 Å². The number of nitrogens with one attached hydrogen (secondary N) is 1. The maximum atomic E-state index is 12.7. The van der Waals surface area contributed by atoms with Crippen LogP contribution in [0.1, 0.15) is 52.9 Å². The van der Waals surface area contributed by atoms with Crippen molar-refractivity contribution in [2.75, 3.05) is 26.7 Å². The molecule has 122 valence electrons. The van der Waals surface area contributed by atoms with Crippen molar-refractivity contribution in [3.8, 4) is 0 Å². The molecule has 0 aliphatic carbocycles. The van der Waals surface area contributed by atoms with Gasteiger partial charge in [-0.25, -0.2) is 0 Å². The minimum absolute atomic E-state index is 0.0526. The fourth-order valence-electron chi connectivity index (χ4n) is 3.77. The Bertz CT molecular complexity index is 337. The molecule has 0 bridgehead atoms. The molecule has 0 aromatic carbocycles. The van der Waals surface area contributed by atoms with Crippen LogP contribution in [-0.4, -0.2) is 60.5 Å². The molecule has 2 rings (SSSR count). The lowest BCUT2D eigenvalue weighted by Crippen LogP contribution is -2.54. The van der Waals surface area contributed by atoms with Crippen molar-refractivity contribution in [1.29, 1.82) is 0 Å². The standard InChI is InChI=1S/C17H33N3O/c1-5-14-6-9-18-16(12-14)17(21)19(4)15-7-10-20(11-8-15)13(2)3/h13-16,18H,5-12H2,1-4H3. The number of amides is 1. The smallest absolute Gasteiger partial charge is 0.239 e. The van der Waals surface area contributed by atoms with Crippen LogP contribution in [0.15, 0.2) is 0 Å². The van der Waals surface area contributed by atoms with Gasteiger partial charge in [0.25, 0.3) is 0 Å². The van der Waals surface area contributed by atoms with Gasteiger partial charge in [0, 0.05) is 32.2 Å². The van der Waals surface area contributed by atoms with Crippen LogP contribution in [0.4, 0.5) is 0 Å². The zero-order valence-corrected chi connectivity index (χ0v) is 14.3. The van der Waals surface area contributed by atoms with Crippen molar-refractivity contribution in [2.45, 2.75) is 71.0 Å². The molecule has 2 saturated heterocycles. The maximum Gasteiger partial charge on any atom is 0.239 e. The Kier molecular flexibility index (Phi) is 6.06. The third-order valence-corrected chi connectivity index (χ3v) is 5.51. The molecule has 0 saturated carbocycles. The van der Waals surface area contributed by atoms with Crippen molar-refractivity contribution in [1.82, 2.24) is 15.1 Å². The molecule has 0 spiro atoms. The molecule has 1 N–H and O–H groups in total. The quantitative estimate of drug-likeness (QED) is 0.863. The van der Waals surface area contributed by atoms with Crippen molar-refractivity contribution in [2.24, 2.45) is 5.92 Å². The molecule has 4 nitrogen and oxygen atoms in total. The van der Waals surface area contributed by atoms with Crippen LogP contribution in [-0.2, 0) is 4.79 Å². The highest BCUT2D eigenvalue weighted by molar-refractivity contribution is 5.82. The summed E-state index contributed by atoms with van der Waals surface area (Å²) >= 11 is 0. The molecule has 0 aromatic heterocycles. The van der Waals surface area contributed by atoms with Crippen LogP contribution in [0.2, 0.25) is 0 Å². The summed E-state index contributed by atoms with van der Waals surface area (Å²) in [6.45, 7) is 9.99. The van der Waals surface area contributed by atoms with Crippen molar-refractivity contribution < 1.29 is 4.79 Å². The molecule has 0 radical (unpaired) electrons. The zero-order valence-electron chi connectivity index (χ0n) is 14.3. The largest absolute Gasteiger partial charge is 0.341 e. The van der Waals surface area contributed by atoms with Gasteiger partial charge in [0.2, 0.25) is 5.91 Å². The number of nitrogens with zero attached hydrogens (tertiary/aromatic N) is 2. The van der Waals surface area contributed by atoms with Gasteiger partial charge in [-0.15, -0.1) is 0 Å². The first kappa shape index (κ1) is 16.8. The third kappa shape index (κ3) is 4.19. The summed E-state index contributed by atoms with van der Waals surface area (Å²) in [6.07, 6.45) is 5.66. The summed E-state index contributed by atoms with van der Waals surface area (Å²) in [4.78, 5) is 17.3. The van der Waals surface area contributed by atoms with E-state index in [1.165, 1.54) is 12.8 Å². The topological polar surface area (TPSA) is 35.6 Å². The van der Waals surface area contributed by atoms with Gasteiger partial charge in [-0.3, -0.25) is 4.79 Å². The number of rotatable bonds is 4. The summed E-state index contributed by atoms with van der Waals surface area (Å²) < 4.78 is 0. The third-order valence-electron chi connectivity index (χ3n) is 5.51. The lowest BCUT2D eigenvalue weighted by molar-refractivity contribution is -0.136. The monoisotopic (exact) mass is 295 g/mol. The van der Waals surface area contributed by atoms with Gasteiger partial charge in [-0.2, -0.15) is 0 Å². The molecule has 4 heteroatoms. The van der Waals surface area contributed by atoms with E-state index < -0.39 is 0 Å². The number of hydrogen-bond acceptors (Lipinski definition) is 3. The highest BCUT2D eigenvalue weighted by atomic mass is 16.2. The average molecular weight is 295 g/mol. The van der Waals surface area contributed by atoms with Gasteiger partial charge >= 0.3 is 0 Å². The Labute approximate surface area is 130 Å². The lowest BCUT2D eigenvalue weighted by Gasteiger charge is -2.40. The van der Waals surface area contributed by atoms with E-state index in [0.717, 1.165) is 44.8 Å². The Balaban J connectivity index is 1.85. The van der Waals surface area contributed by atoms with Gasteiger partial charge in [0.15, 0.2) is 0 Å². The molecule has 2 atom stereocenters. The van der Waals surface area contributed by atoms with Crippen LogP contribution < -0.4 is 5.32 Å². The minimum Gasteiger partial charge on any atom is -0.341 e. The second-order valence-electron chi connectivity index (χ2n) is 7.12. The number of carbonyl (C=O) groups excluding carboxylic acids is 1. The highest BCUT2D eigenvalue weighted by Gasteiger charge is 2.32. The summed E-state index contributed by atoms with van der Waals surface area (Å²) in [6, 6.07) is 1.10. The maximum absolute atomic E-state index is 12.7. The summed E-state index contributed by atoms with van der Waals surface area (Å²) in [7, 11) is 2.01. The van der Waals surface area contributed by atoms with Gasteiger partial charge in [0.1, 0.15) is 0 Å². The average Bonchev–Trinajstić information content (AvgIpc) is 2.53. The van der Waals surface area contributed by atoms with Gasteiger partial charge < -0.3 is 15.1 Å². The predicted molar refractivity (Wildman–Crippen MR) is 87.3 cm³/mol. The molecule has 2 fully saturated rings. The van der Waals surface area contributed by atoms with Crippen LogP contribution in [0.25, 0.3) is 0 Å². The van der Waals surface area contributed by atoms with E-state index in [9.17, 15) is 4.79 Å². The number of hydrogen-bond donors (Lipinski definition) is 1. The summed E-state index contributed by atoms with van der Waals surface area (Å²) in [5.41, 5.74) is 0. The number of carbonyl (C=O) groups is 1. The van der Waals surface area contributed by atoms with Gasteiger partial charge in [0.05, 0.1) is 6.04 Å². The minimum atomic E-state index is 0.0526. The Morgan fingerprint density at radius 3 is 2.52 bits per heavy atom. The Morgan fingerprint density at radius 1 is 1.29 bits per heavy atom. The van der Waals surface area contributed by atoms with E-state index in [1.807, 2.05) is 11.9 Å². The van der Waals surface area contributed by atoms with E-state index in [2.05, 4.69) is 31.0 Å². The second kappa shape index (κ2) is 7.59. The predicted octanol–water partition coefficient (Wildman–Crippen LogP) is 2.10. The fraction of sp³-hybridized carbons (Fsp3) is 0.941. The zero-order chi connectivity index (χ0) is 15.4. The highest BCUT2D eigenvalue weighted by Crippen LogP contribution is 2.23. The van der Waals surface area contributed by atoms with Gasteiger partial charge in [-0.1, -0.05) is 13.3 Å². The molecular weight excluding hydrogens is 262 g/mol. The van der Waals surface area contributed by atoms with E-state index in [1.54, 1.807) is 0 Å². The molecule has 2 unspecified atom stereocenters. The normalized spacial score (nSPS) is 28.8. The SMILES string of the molecule is CCC1CCNC(C(=O)N(C)C2CCN(C(C)C)CC2)C1. The van der Waals surface area contributed by atoms with Crippen LogP contribution in [0, 0.1) is 5.92 Å². The molecule has 0 aromatic rings. The Morgan fingerprint density at radius 2 is 1.95 bits per heavy atom.